The number of carboxylic acid groups (broad SMARTS) is 1. The van der Waals surface area contributed by atoms with Crippen molar-refractivity contribution in [2.75, 3.05) is 0 Å². The van der Waals surface area contributed by atoms with E-state index >= 15 is 0 Å². The van der Waals surface area contributed by atoms with Gasteiger partial charge in [0.1, 0.15) is 23.9 Å². The van der Waals surface area contributed by atoms with Gasteiger partial charge in [-0.1, -0.05) is 78.9 Å². The number of carboxylic acids is 1. The van der Waals surface area contributed by atoms with E-state index in [1.54, 1.807) is 12.1 Å². The molecule has 0 bridgehead atoms. The molecule has 0 spiro atoms. The van der Waals surface area contributed by atoms with Crippen LogP contribution in [0, 0.1) is 5.82 Å². The number of benzene rings is 4. The summed E-state index contributed by atoms with van der Waals surface area (Å²) in [5, 5.41) is 13.8. The number of hydrogen-bond donors (Lipinski definition) is 1. The molecule has 7 heteroatoms. The minimum atomic E-state index is -0.960. The normalized spacial score (nSPS) is 11.0. The summed E-state index contributed by atoms with van der Waals surface area (Å²) in [6.45, 7) is 4.69. The van der Waals surface area contributed by atoms with Crippen molar-refractivity contribution in [3.8, 4) is 34.0 Å². The van der Waals surface area contributed by atoms with Crippen molar-refractivity contribution in [2.45, 2.75) is 45.9 Å². The lowest BCUT2D eigenvalue weighted by Crippen LogP contribution is -2.11. The van der Waals surface area contributed by atoms with E-state index in [9.17, 15) is 9.18 Å². The van der Waals surface area contributed by atoms with Crippen LogP contribution < -0.4 is 9.47 Å². The molecule has 1 N–H and O–H groups in total. The predicted octanol–water partition coefficient (Wildman–Crippen LogP) is 7.79. The van der Waals surface area contributed by atoms with Crippen molar-refractivity contribution in [1.82, 2.24) is 9.78 Å². The molecule has 6 nitrogen and oxygen atoms in total. The number of ether oxygens (including phenoxy) is 2. The third kappa shape index (κ3) is 7.23. The first-order valence-corrected chi connectivity index (χ1v) is 14.0. The molecule has 5 rings (SSSR count). The van der Waals surface area contributed by atoms with E-state index in [0.717, 1.165) is 39.4 Å². The SMILES string of the molecule is CC(C)Oc1cc(COc2ccc(CCC(=O)O)c(F)c2)ccc1Cn1nc(-c2ccccc2)cc1-c1ccccc1. The molecule has 214 valence electrons. The monoisotopic (exact) mass is 564 g/mol. The molecule has 5 aromatic rings. The molecule has 1 aromatic heterocycles. The van der Waals surface area contributed by atoms with E-state index < -0.39 is 11.8 Å². The molecule has 1 heterocycles. The van der Waals surface area contributed by atoms with E-state index in [4.69, 9.17) is 19.7 Å². The first-order valence-electron chi connectivity index (χ1n) is 14.0. The number of carbonyl (C=O) groups is 1. The maximum Gasteiger partial charge on any atom is 0.303 e. The van der Waals surface area contributed by atoms with Crippen LogP contribution in [-0.2, 0) is 24.4 Å². The van der Waals surface area contributed by atoms with Crippen LogP contribution >= 0.6 is 0 Å². The highest BCUT2D eigenvalue weighted by molar-refractivity contribution is 5.69. The van der Waals surface area contributed by atoms with Gasteiger partial charge in [-0.15, -0.1) is 0 Å². The zero-order chi connectivity index (χ0) is 29.5. The standard InChI is InChI=1S/C35H33FN2O4/c1-24(2)42-34-19-25(23-41-30-17-15-26(31(36)20-30)16-18-35(39)40)13-14-29(34)22-38-33(28-11-7-4-8-12-28)21-32(37-38)27-9-5-3-6-10-27/h3-15,17,19-21,24H,16,18,22-23H2,1-2H3,(H,39,40). The Labute approximate surface area is 245 Å². The van der Waals surface area contributed by atoms with Crippen LogP contribution in [0.2, 0.25) is 0 Å². The number of nitrogens with zero attached hydrogens (tertiary/aromatic N) is 2. The second kappa shape index (κ2) is 13.2. The molecule has 0 aliphatic rings. The largest absolute Gasteiger partial charge is 0.491 e. The maximum atomic E-state index is 14.5. The third-order valence-electron chi connectivity index (χ3n) is 6.77. The van der Waals surface area contributed by atoms with E-state index in [2.05, 4.69) is 30.3 Å². The Morgan fingerprint density at radius 2 is 1.57 bits per heavy atom. The average Bonchev–Trinajstić information content (AvgIpc) is 3.41. The molecule has 0 saturated carbocycles. The minimum Gasteiger partial charge on any atom is -0.491 e. The number of aromatic nitrogens is 2. The second-order valence-corrected chi connectivity index (χ2v) is 10.3. The number of rotatable bonds is 12. The van der Waals surface area contributed by atoms with Crippen molar-refractivity contribution in [3.63, 3.8) is 0 Å². The first-order chi connectivity index (χ1) is 20.4. The lowest BCUT2D eigenvalue weighted by atomic mass is 10.1. The van der Waals surface area contributed by atoms with Crippen LogP contribution in [0.15, 0.2) is 103 Å². The van der Waals surface area contributed by atoms with E-state index in [1.807, 2.05) is 73.1 Å². The van der Waals surface area contributed by atoms with Crippen molar-refractivity contribution in [2.24, 2.45) is 0 Å². The Balaban J connectivity index is 1.39. The van der Waals surface area contributed by atoms with Crippen molar-refractivity contribution in [3.05, 3.63) is 126 Å². The van der Waals surface area contributed by atoms with Crippen LogP contribution in [0.5, 0.6) is 11.5 Å². The molecule has 4 aromatic carbocycles. The molecular formula is C35H33FN2O4. The lowest BCUT2D eigenvalue weighted by molar-refractivity contribution is -0.136. The van der Waals surface area contributed by atoms with Gasteiger partial charge in [0.05, 0.1) is 24.0 Å². The molecule has 0 saturated heterocycles. The van der Waals surface area contributed by atoms with Gasteiger partial charge in [-0.3, -0.25) is 9.48 Å². The fourth-order valence-corrected chi connectivity index (χ4v) is 4.70. The highest BCUT2D eigenvalue weighted by Crippen LogP contribution is 2.30. The molecule has 0 amide bonds. The minimum absolute atomic E-state index is 0.0431. The molecule has 0 aliphatic carbocycles. The molecule has 0 aliphatic heterocycles. The van der Waals surface area contributed by atoms with Gasteiger partial charge in [0.2, 0.25) is 0 Å². The number of aliphatic carboxylic acids is 1. The quantitative estimate of drug-likeness (QED) is 0.167. The van der Waals surface area contributed by atoms with E-state index in [-0.39, 0.29) is 25.6 Å². The third-order valence-corrected chi connectivity index (χ3v) is 6.77. The summed E-state index contributed by atoms with van der Waals surface area (Å²) in [7, 11) is 0. The molecular weight excluding hydrogens is 531 g/mol. The summed E-state index contributed by atoms with van der Waals surface area (Å²) in [5.74, 6) is -0.328. The maximum absolute atomic E-state index is 14.5. The first kappa shape index (κ1) is 28.6. The summed E-state index contributed by atoms with van der Waals surface area (Å²) < 4.78 is 28.6. The number of aryl methyl sites for hydroxylation is 1. The van der Waals surface area contributed by atoms with Gasteiger partial charge in [0, 0.05) is 23.6 Å². The average molecular weight is 565 g/mol. The summed E-state index contributed by atoms with van der Waals surface area (Å²) in [5.41, 5.74) is 6.22. The van der Waals surface area contributed by atoms with Crippen LogP contribution in [0.4, 0.5) is 4.39 Å². The van der Waals surface area contributed by atoms with Crippen LogP contribution in [-0.4, -0.2) is 27.0 Å². The Morgan fingerprint density at radius 1 is 0.881 bits per heavy atom. The molecule has 0 radical (unpaired) electrons. The zero-order valence-corrected chi connectivity index (χ0v) is 23.7. The van der Waals surface area contributed by atoms with E-state index in [1.165, 1.54) is 6.07 Å². The summed E-state index contributed by atoms with van der Waals surface area (Å²) >= 11 is 0. The summed E-state index contributed by atoms with van der Waals surface area (Å²) in [6.07, 6.45) is -0.0342. The Bertz CT molecular complexity index is 1650. The summed E-state index contributed by atoms with van der Waals surface area (Å²) in [6, 6.07) is 32.9. The van der Waals surface area contributed by atoms with Crippen molar-refractivity contribution >= 4 is 5.97 Å². The fourth-order valence-electron chi connectivity index (χ4n) is 4.70. The van der Waals surface area contributed by atoms with Crippen molar-refractivity contribution < 1.29 is 23.8 Å². The second-order valence-electron chi connectivity index (χ2n) is 10.3. The van der Waals surface area contributed by atoms with Gasteiger partial charge in [-0.05, 0) is 55.2 Å². The topological polar surface area (TPSA) is 73.6 Å². The highest BCUT2D eigenvalue weighted by Gasteiger charge is 2.15. The predicted molar refractivity (Wildman–Crippen MR) is 161 cm³/mol. The van der Waals surface area contributed by atoms with Crippen LogP contribution in [0.3, 0.4) is 0 Å². The molecule has 0 fully saturated rings. The Hall–Kier alpha value is -4.91. The smallest absolute Gasteiger partial charge is 0.303 e. The Morgan fingerprint density at radius 3 is 2.24 bits per heavy atom. The molecule has 42 heavy (non-hydrogen) atoms. The van der Waals surface area contributed by atoms with Gasteiger partial charge in [0.25, 0.3) is 0 Å². The molecule has 0 atom stereocenters. The van der Waals surface area contributed by atoms with E-state index in [0.29, 0.717) is 17.9 Å². The van der Waals surface area contributed by atoms with Gasteiger partial charge in [-0.2, -0.15) is 5.10 Å². The van der Waals surface area contributed by atoms with Gasteiger partial charge in [0.15, 0.2) is 0 Å². The lowest BCUT2D eigenvalue weighted by Gasteiger charge is -2.17. The van der Waals surface area contributed by atoms with Crippen molar-refractivity contribution in [1.29, 1.82) is 0 Å². The van der Waals surface area contributed by atoms with Gasteiger partial charge >= 0.3 is 5.97 Å². The molecule has 0 unspecified atom stereocenters. The van der Waals surface area contributed by atoms with Crippen LogP contribution in [0.1, 0.15) is 37.0 Å². The number of halogens is 1. The zero-order valence-electron chi connectivity index (χ0n) is 23.7. The fraction of sp³-hybridized carbons (Fsp3) is 0.200. The highest BCUT2D eigenvalue weighted by atomic mass is 19.1. The Kier molecular flexibility index (Phi) is 8.97. The van der Waals surface area contributed by atoms with Gasteiger partial charge < -0.3 is 14.6 Å². The number of hydrogen-bond acceptors (Lipinski definition) is 4. The van der Waals surface area contributed by atoms with Crippen LogP contribution in [0.25, 0.3) is 22.5 Å². The van der Waals surface area contributed by atoms with Gasteiger partial charge in [-0.25, -0.2) is 4.39 Å². The summed E-state index contributed by atoms with van der Waals surface area (Å²) in [4.78, 5) is 10.8.